The number of nitrogens with zero attached hydrogens (tertiary/aromatic N) is 4. The van der Waals surface area contributed by atoms with Crippen LogP contribution in [0.5, 0.6) is 0 Å². The molecule has 0 N–H and O–H groups in total. The third kappa shape index (κ3) is 4.43. The molecule has 35 heavy (non-hydrogen) atoms. The molecule has 1 aliphatic carbocycles. The van der Waals surface area contributed by atoms with E-state index in [4.69, 9.17) is 9.72 Å². The second kappa shape index (κ2) is 9.82. The van der Waals surface area contributed by atoms with Gasteiger partial charge in [-0.15, -0.1) is 0 Å². The van der Waals surface area contributed by atoms with Crippen LogP contribution in [0.25, 0.3) is 11.0 Å². The predicted molar refractivity (Wildman–Crippen MR) is 138 cm³/mol. The Balaban J connectivity index is 1.60. The van der Waals surface area contributed by atoms with Crippen LogP contribution in [0.4, 0.5) is 10.5 Å². The van der Waals surface area contributed by atoms with E-state index in [1.807, 2.05) is 4.90 Å². The maximum absolute atomic E-state index is 12.6. The van der Waals surface area contributed by atoms with Gasteiger partial charge >= 0.3 is 6.09 Å². The summed E-state index contributed by atoms with van der Waals surface area (Å²) < 4.78 is 7.63. The fraction of sp³-hybridized carbons (Fsp3) is 0.679. The number of imidazole rings is 1. The van der Waals surface area contributed by atoms with Crippen molar-refractivity contribution in [2.24, 2.45) is 5.92 Å². The highest BCUT2D eigenvalue weighted by Gasteiger charge is 2.34. The van der Waals surface area contributed by atoms with E-state index in [1.165, 1.54) is 31.9 Å². The van der Waals surface area contributed by atoms with E-state index in [1.54, 1.807) is 4.90 Å². The molecule has 2 aliphatic heterocycles. The molecule has 2 amide bonds. The summed E-state index contributed by atoms with van der Waals surface area (Å²) in [4.78, 5) is 34.3. The lowest BCUT2D eigenvalue weighted by atomic mass is 9.86. The third-order valence-electron chi connectivity index (χ3n) is 8.48. The number of likely N-dealkylation sites (tertiary alicyclic amines) is 1. The van der Waals surface area contributed by atoms with E-state index < -0.39 is 0 Å². The molecule has 1 saturated heterocycles. The molecule has 5 rings (SSSR count). The van der Waals surface area contributed by atoms with Crippen LogP contribution in [0.3, 0.4) is 0 Å². The normalized spacial score (nSPS) is 26.1. The zero-order chi connectivity index (χ0) is 24.7. The number of carbonyl (C=O) groups excluding carboxylic acids is 2. The maximum atomic E-state index is 12.6. The van der Waals surface area contributed by atoms with E-state index in [9.17, 15) is 9.59 Å². The Kier molecular flexibility index (Phi) is 6.78. The van der Waals surface area contributed by atoms with Gasteiger partial charge in [-0.05, 0) is 63.5 Å². The highest BCUT2D eigenvalue weighted by molar-refractivity contribution is 5.95. The zero-order valence-electron chi connectivity index (χ0n) is 21.8. The smallest absolute Gasteiger partial charge is 0.414 e. The Morgan fingerprint density at radius 3 is 2.71 bits per heavy atom. The molecule has 2 fully saturated rings. The van der Waals surface area contributed by atoms with Gasteiger partial charge in [-0.3, -0.25) is 9.69 Å². The highest BCUT2D eigenvalue weighted by Crippen LogP contribution is 2.41. The minimum Gasteiger partial charge on any atom is -0.452 e. The molecule has 0 radical (unpaired) electrons. The number of carbonyl (C=O) groups is 2. The van der Waals surface area contributed by atoms with Crippen molar-refractivity contribution in [3.63, 3.8) is 0 Å². The summed E-state index contributed by atoms with van der Waals surface area (Å²) in [6.45, 7) is 8.23. The molecule has 7 nitrogen and oxygen atoms in total. The quantitative estimate of drug-likeness (QED) is 0.554. The number of hydrogen-bond donors (Lipinski definition) is 0. The Labute approximate surface area is 208 Å². The average Bonchev–Trinajstić information content (AvgIpc) is 3.25. The molecule has 3 aliphatic rings. The largest absolute Gasteiger partial charge is 0.452 e. The second-order valence-electron chi connectivity index (χ2n) is 11.1. The summed E-state index contributed by atoms with van der Waals surface area (Å²) >= 11 is 0. The van der Waals surface area contributed by atoms with Crippen LogP contribution in [0.15, 0.2) is 12.1 Å². The first kappa shape index (κ1) is 24.1. The number of piperidine rings is 1. The van der Waals surface area contributed by atoms with E-state index >= 15 is 0 Å². The van der Waals surface area contributed by atoms with E-state index in [0.29, 0.717) is 18.4 Å². The first-order valence-corrected chi connectivity index (χ1v) is 13.6. The standard InChI is InChI=1S/C28H40N4O3/c1-18-8-7-9-21(16-18)32-24-14-13-23-22(12-11-20(3)31(23)28(34)35-4)26(24)29-27(32)19(2)17-30-15-6-5-10-25(30)33/h13-14,18-21H,5-12,15-17H2,1-4H3. The van der Waals surface area contributed by atoms with Crippen molar-refractivity contribution in [3.05, 3.63) is 23.5 Å². The third-order valence-corrected chi connectivity index (χ3v) is 8.48. The minimum absolute atomic E-state index is 0.0946. The topological polar surface area (TPSA) is 67.7 Å². The summed E-state index contributed by atoms with van der Waals surface area (Å²) in [5.74, 6) is 2.22. The molecule has 7 heteroatoms. The fourth-order valence-electron chi connectivity index (χ4n) is 6.63. The minimum atomic E-state index is -0.310. The average molecular weight is 481 g/mol. The number of fused-ring (bicyclic) bond motifs is 3. The lowest BCUT2D eigenvalue weighted by Crippen LogP contribution is -2.42. The van der Waals surface area contributed by atoms with Crippen LogP contribution in [-0.2, 0) is 16.0 Å². The predicted octanol–water partition coefficient (Wildman–Crippen LogP) is 5.81. The first-order chi connectivity index (χ1) is 16.9. The monoisotopic (exact) mass is 480 g/mol. The van der Waals surface area contributed by atoms with Gasteiger partial charge in [0.2, 0.25) is 5.91 Å². The van der Waals surface area contributed by atoms with Crippen molar-refractivity contribution >= 4 is 28.7 Å². The molecule has 0 bridgehead atoms. The zero-order valence-corrected chi connectivity index (χ0v) is 21.8. The van der Waals surface area contributed by atoms with Gasteiger partial charge in [0.05, 0.1) is 23.8 Å². The van der Waals surface area contributed by atoms with Gasteiger partial charge in [-0.2, -0.15) is 0 Å². The van der Waals surface area contributed by atoms with Gasteiger partial charge in [0.1, 0.15) is 5.82 Å². The Bertz CT molecular complexity index is 1110. The number of anilines is 1. The number of amides is 2. The molecule has 4 atom stereocenters. The number of aromatic nitrogens is 2. The molecule has 3 heterocycles. The number of aryl methyl sites for hydroxylation is 1. The second-order valence-corrected chi connectivity index (χ2v) is 11.1. The molecular weight excluding hydrogens is 440 g/mol. The van der Waals surface area contributed by atoms with Crippen molar-refractivity contribution in [2.75, 3.05) is 25.1 Å². The molecule has 4 unspecified atom stereocenters. The Morgan fingerprint density at radius 2 is 1.97 bits per heavy atom. The Morgan fingerprint density at radius 1 is 1.14 bits per heavy atom. The first-order valence-electron chi connectivity index (χ1n) is 13.6. The van der Waals surface area contributed by atoms with Gasteiger partial charge in [0, 0.05) is 43.1 Å². The number of hydrogen-bond acceptors (Lipinski definition) is 4. The SMILES string of the molecule is COC(=O)N1c2ccc3c(nc(C(C)CN4CCCCC4=O)n3C3CCCC(C)C3)c2CCC1C. The van der Waals surface area contributed by atoms with Crippen molar-refractivity contribution in [1.29, 1.82) is 0 Å². The molecule has 2 aromatic rings. The lowest BCUT2D eigenvalue weighted by molar-refractivity contribution is -0.133. The summed E-state index contributed by atoms with van der Waals surface area (Å²) in [7, 11) is 1.45. The molecule has 190 valence electrons. The van der Waals surface area contributed by atoms with E-state index in [-0.39, 0.29) is 24.0 Å². The van der Waals surface area contributed by atoms with Crippen LogP contribution in [0.1, 0.15) is 95.5 Å². The fourth-order valence-corrected chi connectivity index (χ4v) is 6.63. The van der Waals surface area contributed by atoms with E-state index in [2.05, 4.69) is 37.5 Å². The summed E-state index contributed by atoms with van der Waals surface area (Å²) in [5, 5.41) is 0. The van der Waals surface area contributed by atoms with Crippen LogP contribution in [-0.4, -0.2) is 52.7 Å². The molecule has 1 aromatic carbocycles. The van der Waals surface area contributed by atoms with Crippen molar-refractivity contribution < 1.29 is 14.3 Å². The van der Waals surface area contributed by atoms with Crippen LogP contribution < -0.4 is 4.90 Å². The summed E-state index contributed by atoms with van der Waals surface area (Å²) in [6.07, 6.45) is 9.10. The molecule has 1 aromatic heterocycles. The van der Waals surface area contributed by atoms with E-state index in [0.717, 1.165) is 67.8 Å². The van der Waals surface area contributed by atoms with Crippen molar-refractivity contribution in [2.45, 2.75) is 96.6 Å². The van der Waals surface area contributed by atoms with Crippen molar-refractivity contribution in [3.8, 4) is 0 Å². The lowest BCUT2D eigenvalue weighted by Gasteiger charge is -2.34. The van der Waals surface area contributed by atoms with Gasteiger partial charge in [-0.1, -0.05) is 26.7 Å². The van der Waals surface area contributed by atoms with Crippen LogP contribution in [0, 0.1) is 5.92 Å². The number of rotatable bonds is 4. The van der Waals surface area contributed by atoms with Gasteiger partial charge in [0.15, 0.2) is 0 Å². The summed E-state index contributed by atoms with van der Waals surface area (Å²) in [6, 6.07) is 4.78. The van der Waals surface area contributed by atoms with Crippen molar-refractivity contribution in [1.82, 2.24) is 14.5 Å². The van der Waals surface area contributed by atoms with Gasteiger partial charge < -0.3 is 14.2 Å². The van der Waals surface area contributed by atoms with Crippen LogP contribution in [0.2, 0.25) is 0 Å². The van der Waals surface area contributed by atoms with Crippen LogP contribution >= 0.6 is 0 Å². The molecule has 1 saturated carbocycles. The number of methoxy groups -OCH3 is 1. The number of ether oxygens (including phenoxy) is 1. The Hall–Kier alpha value is -2.57. The molecule has 0 spiro atoms. The maximum Gasteiger partial charge on any atom is 0.414 e. The highest BCUT2D eigenvalue weighted by atomic mass is 16.5. The van der Waals surface area contributed by atoms with Gasteiger partial charge in [0.25, 0.3) is 0 Å². The number of benzene rings is 1. The molecular formula is C28H40N4O3. The summed E-state index contributed by atoms with van der Waals surface area (Å²) in [5.41, 5.74) is 4.27. The van der Waals surface area contributed by atoms with Gasteiger partial charge in [-0.25, -0.2) is 9.78 Å².